The fraction of sp³-hybridized carbons (Fsp3) is 0.407. The van der Waals surface area contributed by atoms with Crippen molar-refractivity contribution in [3.05, 3.63) is 71.3 Å². The van der Waals surface area contributed by atoms with Crippen molar-refractivity contribution in [3.63, 3.8) is 0 Å². The molecule has 10 heteroatoms. The van der Waals surface area contributed by atoms with Crippen LogP contribution in [0.3, 0.4) is 0 Å². The standard InChI is InChI=1S/C27H31F2N5O2Si/c1-30-23-8-7-19(17-22(23)28)16-21-6-5-13-33(27(21)35)26-24(29)25(20-9-11-31-12-10-20)32-34(26)18-36-14-15-37(2,3)4/h7-12,17,21H,5-6,13-16,18H2,2-4H3. The largest absolute Gasteiger partial charge is 0.359 e. The molecule has 2 aromatic heterocycles. The van der Waals surface area contributed by atoms with Crippen molar-refractivity contribution in [3.8, 4) is 11.3 Å². The van der Waals surface area contributed by atoms with Crippen molar-refractivity contribution in [2.75, 3.05) is 18.1 Å². The molecule has 1 aromatic carbocycles. The number of piperidine rings is 1. The summed E-state index contributed by atoms with van der Waals surface area (Å²) in [7, 11) is -1.31. The first-order valence-corrected chi connectivity index (χ1v) is 16.1. The predicted octanol–water partition coefficient (Wildman–Crippen LogP) is 6.07. The molecule has 0 bridgehead atoms. The fourth-order valence-corrected chi connectivity index (χ4v) is 5.16. The summed E-state index contributed by atoms with van der Waals surface area (Å²) >= 11 is 0. The highest BCUT2D eigenvalue weighted by atomic mass is 28.3. The van der Waals surface area contributed by atoms with E-state index in [1.807, 2.05) is 0 Å². The Morgan fingerprint density at radius 3 is 2.62 bits per heavy atom. The number of ether oxygens (including phenoxy) is 1. The van der Waals surface area contributed by atoms with E-state index in [0.717, 1.165) is 6.04 Å². The van der Waals surface area contributed by atoms with Gasteiger partial charge < -0.3 is 4.74 Å². The van der Waals surface area contributed by atoms with Gasteiger partial charge in [-0.2, -0.15) is 5.10 Å². The number of hydrogen-bond donors (Lipinski definition) is 0. The summed E-state index contributed by atoms with van der Waals surface area (Å²) in [4.78, 5) is 22.2. The van der Waals surface area contributed by atoms with Gasteiger partial charge in [0.2, 0.25) is 11.6 Å². The van der Waals surface area contributed by atoms with Gasteiger partial charge in [-0.15, -0.1) is 0 Å². The summed E-state index contributed by atoms with van der Waals surface area (Å²) < 4.78 is 37.4. The smallest absolute Gasteiger partial charge is 0.231 e. The number of rotatable bonds is 9. The van der Waals surface area contributed by atoms with Gasteiger partial charge in [0, 0.05) is 45.1 Å². The molecule has 0 radical (unpaired) electrons. The molecule has 1 amide bonds. The van der Waals surface area contributed by atoms with E-state index in [1.165, 1.54) is 21.7 Å². The van der Waals surface area contributed by atoms with Gasteiger partial charge in [0.25, 0.3) is 0 Å². The van der Waals surface area contributed by atoms with Crippen LogP contribution in [-0.4, -0.2) is 41.9 Å². The summed E-state index contributed by atoms with van der Waals surface area (Å²) in [5.74, 6) is -1.77. The van der Waals surface area contributed by atoms with Crippen LogP contribution in [0.2, 0.25) is 25.7 Å². The molecule has 37 heavy (non-hydrogen) atoms. The monoisotopic (exact) mass is 523 g/mol. The summed E-state index contributed by atoms with van der Waals surface area (Å²) in [6.45, 7) is 14.7. The number of carbonyl (C=O) groups is 1. The van der Waals surface area contributed by atoms with E-state index in [1.54, 1.807) is 30.6 Å². The van der Waals surface area contributed by atoms with Gasteiger partial charge in [0.05, 0.1) is 6.57 Å². The molecular formula is C27H31F2N5O2Si. The molecule has 0 aliphatic carbocycles. The Hall–Kier alpha value is -3.42. The SMILES string of the molecule is [C-]#[N+]c1ccc(CC2CCCN(c3c(F)c(-c4ccncc4)nn3COCC[Si](C)(C)C)C2=O)cc1F. The molecule has 0 spiro atoms. The quantitative estimate of drug-likeness (QED) is 0.194. The van der Waals surface area contributed by atoms with Crippen LogP contribution in [0, 0.1) is 24.1 Å². The van der Waals surface area contributed by atoms with E-state index in [4.69, 9.17) is 11.3 Å². The molecular weight excluding hydrogens is 492 g/mol. The number of benzene rings is 1. The Kier molecular flexibility index (Phi) is 8.15. The minimum absolute atomic E-state index is 0.0273. The number of nitrogens with zero attached hydrogens (tertiary/aromatic N) is 5. The van der Waals surface area contributed by atoms with Crippen LogP contribution >= 0.6 is 0 Å². The average Bonchev–Trinajstić information content (AvgIpc) is 3.19. The fourth-order valence-electron chi connectivity index (χ4n) is 4.40. The molecule has 0 N–H and O–H groups in total. The molecule has 1 saturated heterocycles. The first kappa shape index (κ1) is 26.6. The van der Waals surface area contributed by atoms with Crippen molar-refractivity contribution in [1.29, 1.82) is 0 Å². The van der Waals surface area contributed by atoms with Gasteiger partial charge in [0.1, 0.15) is 18.2 Å². The van der Waals surface area contributed by atoms with Crippen LogP contribution in [0.1, 0.15) is 18.4 Å². The van der Waals surface area contributed by atoms with Crippen molar-refractivity contribution in [2.45, 2.75) is 51.7 Å². The van der Waals surface area contributed by atoms with Crippen LogP contribution in [-0.2, 0) is 22.7 Å². The van der Waals surface area contributed by atoms with Crippen molar-refractivity contribution >= 4 is 25.5 Å². The normalized spacial score (nSPS) is 16.2. The number of halogens is 2. The lowest BCUT2D eigenvalue weighted by atomic mass is 9.90. The highest BCUT2D eigenvalue weighted by Crippen LogP contribution is 2.34. The molecule has 3 aromatic rings. The number of aromatic nitrogens is 3. The third kappa shape index (κ3) is 6.29. The second kappa shape index (κ2) is 11.3. The van der Waals surface area contributed by atoms with Crippen LogP contribution < -0.4 is 4.90 Å². The first-order chi connectivity index (χ1) is 17.7. The summed E-state index contributed by atoms with van der Waals surface area (Å²) in [5, 5.41) is 4.49. The minimum atomic E-state index is -1.31. The Bertz CT molecular complexity index is 1300. The molecule has 194 valence electrons. The maximum Gasteiger partial charge on any atom is 0.231 e. The zero-order valence-electron chi connectivity index (χ0n) is 21.4. The van der Waals surface area contributed by atoms with Crippen LogP contribution in [0.5, 0.6) is 0 Å². The Morgan fingerprint density at radius 2 is 1.95 bits per heavy atom. The number of pyridine rings is 1. The third-order valence-corrected chi connectivity index (χ3v) is 8.16. The van der Waals surface area contributed by atoms with Crippen molar-refractivity contribution in [1.82, 2.24) is 14.8 Å². The first-order valence-electron chi connectivity index (χ1n) is 12.4. The van der Waals surface area contributed by atoms with Crippen LogP contribution in [0.15, 0.2) is 42.7 Å². The number of anilines is 1. The topological polar surface area (TPSA) is 64.6 Å². The Morgan fingerprint density at radius 1 is 1.19 bits per heavy atom. The van der Waals surface area contributed by atoms with E-state index in [0.29, 0.717) is 43.5 Å². The minimum Gasteiger partial charge on any atom is -0.359 e. The molecule has 1 atom stereocenters. The number of amides is 1. The lowest BCUT2D eigenvalue weighted by Gasteiger charge is -2.32. The lowest BCUT2D eigenvalue weighted by Crippen LogP contribution is -2.43. The maximum absolute atomic E-state index is 15.9. The van der Waals surface area contributed by atoms with Crippen molar-refractivity contribution < 1.29 is 18.3 Å². The molecule has 7 nitrogen and oxygen atoms in total. The summed E-state index contributed by atoms with van der Waals surface area (Å²) in [6, 6.07) is 8.70. The lowest BCUT2D eigenvalue weighted by molar-refractivity contribution is -0.123. The molecule has 3 heterocycles. The number of carbonyl (C=O) groups excluding carboxylic acids is 1. The highest BCUT2D eigenvalue weighted by molar-refractivity contribution is 6.76. The van der Waals surface area contributed by atoms with E-state index in [-0.39, 0.29) is 29.8 Å². The molecule has 1 aliphatic rings. The molecule has 0 saturated carbocycles. The van der Waals surface area contributed by atoms with E-state index in [9.17, 15) is 9.18 Å². The van der Waals surface area contributed by atoms with Gasteiger partial charge >= 0.3 is 0 Å². The van der Waals surface area contributed by atoms with E-state index in [2.05, 4.69) is 34.6 Å². The third-order valence-electron chi connectivity index (χ3n) is 6.45. The van der Waals surface area contributed by atoms with Crippen LogP contribution in [0.25, 0.3) is 16.1 Å². The summed E-state index contributed by atoms with van der Waals surface area (Å²) in [5.41, 5.74) is 1.28. The van der Waals surface area contributed by atoms with Crippen LogP contribution in [0.4, 0.5) is 20.3 Å². The molecule has 1 aliphatic heterocycles. The zero-order chi connectivity index (χ0) is 26.6. The summed E-state index contributed by atoms with van der Waals surface area (Å²) in [6.07, 6.45) is 4.73. The van der Waals surface area contributed by atoms with E-state index < -0.39 is 25.6 Å². The second-order valence-electron chi connectivity index (χ2n) is 10.5. The highest BCUT2D eigenvalue weighted by Gasteiger charge is 2.35. The van der Waals surface area contributed by atoms with Gasteiger partial charge in [-0.3, -0.25) is 14.7 Å². The maximum atomic E-state index is 15.9. The van der Waals surface area contributed by atoms with Crippen molar-refractivity contribution in [2.24, 2.45) is 5.92 Å². The molecule has 1 fully saturated rings. The number of hydrogen-bond acceptors (Lipinski definition) is 4. The zero-order valence-corrected chi connectivity index (χ0v) is 22.4. The van der Waals surface area contributed by atoms with Gasteiger partial charge in [-0.05, 0) is 49.1 Å². The molecule has 1 unspecified atom stereocenters. The average molecular weight is 524 g/mol. The van der Waals surface area contributed by atoms with Gasteiger partial charge in [-0.1, -0.05) is 31.8 Å². The van der Waals surface area contributed by atoms with Gasteiger partial charge in [0.15, 0.2) is 11.6 Å². The van der Waals surface area contributed by atoms with E-state index >= 15 is 4.39 Å². The van der Waals surface area contributed by atoms with Gasteiger partial charge in [-0.25, -0.2) is 18.3 Å². The molecule has 4 rings (SSSR count). The second-order valence-corrected chi connectivity index (χ2v) is 16.1. The Labute approximate surface area is 216 Å². The Balaban J connectivity index is 1.61. The predicted molar refractivity (Wildman–Crippen MR) is 141 cm³/mol.